The lowest BCUT2D eigenvalue weighted by Gasteiger charge is -2.33. The van der Waals surface area contributed by atoms with Crippen LogP contribution in [0.2, 0.25) is 0 Å². The number of hydrogen-bond donors (Lipinski definition) is 1. The zero-order chi connectivity index (χ0) is 15.2. The first-order chi connectivity index (χ1) is 10.2. The third kappa shape index (κ3) is 3.58. The molecular formula is C18H30N2O. The van der Waals surface area contributed by atoms with Crippen LogP contribution in [0, 0.1) is 0 Å². The number of nitrogens with zero attached hydrogens (tertiary/aromatic N) is 1. The smallest absolute Gasteiger partial charge is 0.119 e. The van der Waals surface area contributed by atoms with Gasteiger partial charge in [-0.25, -0.2) is 0 Å². The number of rotatable bonds is 8. The summed E-state index contributed by atoms with van der Waals surface area (Å²) >= 11 is 0. The van der Waals surface area contributed by atoms with Crippen LogP contribution in [0.1, 0.15) is 50.8 Å². The predicted octanol–water partition coefficient (Wildman–Crippen LogP) is 3.39. The van der Waals surface area contributed by atoms with Crippen molar-refractivity contribution in [2.75, 3.05) is 26.7 Å². The predicted molar refractivity (Wildman–Crippen MR) is 89.1 cm³/mol. The topological polar surface area (TPSA) is 24.5 Å². The molecule has 0 radical (unpaired) electrons. The molecule has 21 heavy (non-hydrogen) atoms. The van der Waals surface area contributed by atoms with E-state index in [2.05, 4.69) is 49.2 Å². The Morgan fingerprint density at radius 3 is 2.71 bits per heavy atom. The highest BCUT2D eigenvalue weighted by atomic mass is 16.5. The summed E-state index contributed by atoms with van der Waals surface area (Å²) in [6.07, 6.45) is 3.69. The normalized spacial score (nSPS) is 20.8. The molecule has 0 heterocycles. The number of nitrogens with one attached hydrogen (secondary N) is 1. The first-order valence-corrected chi connectivity index (χ1v) is 8.39. The molecule has 0 aliphatic heterocycles. The average Bonchev–Trinajstić information content (AvgIpc) is 2.86. The molecule has 3 heteroatoms. The molecule has 1 aliphatic carbocycles. The van der Waals surface area contributed by atoms with Gasteiger partial charge in [0.05, 0.1) is 7.11 Å². The molecule has 1 aliphatic rings. The highest BCUT2D eigenvalue weighted by Gasteiger charge is 2.35. The van der Waals surface area contributed by atoms with Crippen LogP contribution in [0.3, 0.4) is 0 Å². The Balaban J connectivity index is 2.23. The fraction of sp³-hybridized carbons (Fsp3) is 0.667. The fourth-order valence-electron chi connectivity index (χ4n) is 3.45. The van der Waals surface area contributed by atoms with E-state index in [1.54, 1.807) is 7.11 Å². The van der Waals surface area contributed by atoms with Gasteiger partial charge in [0.2, 0.25) is 0 Å². The van der Waals surface area contributed by atoms with Crippen molar-refractivity contribution in [3.05, 3.63) is 29.3 Å². The zero-order valence-corrected chi connectivity index (χ0v) is 14.0. The maximum atomic E-state index is 5.41. The summed E-state index contributed by atoms with van der Waals surface area (Å²) in [4.78, 5) is 2.64. The standard InChI is InChI=1S/C18H30N2O/c1-5-8-11-20(7-3)17-12-14-9-10-15(21-4)13-16(14)18(17)19-6-2/h9-10,13,17-19H,5-8,11-12H2,1-4H3. The summed E-state index contributed by atoms with van der Waals surface area (Å²) < 4.78 is 5.41. The van der Waals surface area contributed by atoms with Crippen LogP contribution in [0.25, 0.3) is 0 Å². The largest absolute Gasteiger partial charge is 0.497 e. The molecule has 1 aromatic carbocycles. The number of fused-ring (bicyclic) bond motifs is 1. The van der Waals surface area contributed by atoms with E-state index in [9.17, 15) is 0 Å². The van der Waals surface area contributed by atoms with Gasteiger partial charge in [-0.2, -0.15) is 0 Å². The van der Waals surface area contributed by atoms with Crippen molar-refractivity contribution in [1.29, 1.82) is 0 Å². The number of likely N-dealkylation sites (N-methyl/N-ethyl adjacent to an activating group) is 2. The van der Waals surface area contributed by atoms with Gasteiger partial charge in [0.15, 0.2) is 0 Å². The highest BCUT2D eigenvalue weighted by molar-refractivity contribution is 5.42. The second kappa shape index (κ2) is 7.81. The molecule has 3 nitrogen and oxygen atoms in total. The van der Waals surface area contributed by atoms with Crippen LogP contribution in [-0.4, -0.2) is 37.7 Å². The molecule has 0 saturated heterocycles. The van der Waals surface area contributed by atoms with E-state index >= 15 is 0 Å². The minimum atomic E-state index is 0.428. The van der Waals surface area contributed by atoms with Crippen molar-refractivity contribution in [3.8, 4) is 5.75 Å². The number of benzene rings is 1. The van der Waals surface area contributed by atoms with Crippen molar-refractivity contribution < 1.29 is 4.74 Å². The van der Waals surface area contributed by atoms with Crippen LogP contribution >= 0.6 is 0 Å². The third-order valence-corrected chi connectivity index (χ3v) is 4.60. The Labute approximate surface area is 129 Å². The number of hydrogen-bond acceptors (Lipinski definition) is 3. The van der Waals surface area contributed by atoms with Gasteiger partial charge in [-0.1, -0.05) is 33.3 Å². The van der Waals surface area contributed by atoms with Gasteiger partial charge in [-0.3, -0.25) is 4.90 Å². The van der Waals surface area contributed by atoms with Crippen molar-refractivity contribution in [2.24, 2.45) is 0 Å². The fourth-order valence-corrected chi connectivity index (χ4v) is 3.45. The molecule has 0 saturated carbocycles. The summed E-state index contributed by atoms with van der Waals surface area (Å²) in [6, 6.07) is 7.55. The SMILES string of the molecule is CCCCN(CC)C1Cc2ccc(OC)cc2C1NCC. The van der Waals surface area contributed by atoms with E-state index in [0.717, 1.165) is 25.3 Å². The first-order valence-electron chi connectivity index (χ1n) is 8.39. The number of ether oxygens (including phenoxy) is 1. The van der Waals surface area contributed by atoms with E-state index in [-0.39, 0.29) is 0 Å². The third-order valence-electron chi connectivity index (χ3n) is 4.60. The van der Waals surface area contributed by atoms with Gasteiger partial charge < -0.3 is 10.1 Å². The van der Waals surface area contributed by atoms with Gasteiger partial charge in [0.1, 0.15) is 5.75 Å². The van der Waals surface area contributed by atoms with E-state index in [4.69, 9.17) is 4.74 Å². The molecule has 1 N–H and O–H groups in total. The lowest BCUT2D eigenvalue weighted by Crippen LogP contribution is -2.43. The van der Waals surface area contributed by atoms with Crippen molar-refractivity contribution in [1.82, 2.24) is 10.2 Å². The van der Waals surface area contributed by atoms with Crippen LogP contribution in [-0.2, 0) is 6.42 Å². The number of unbranched alkanes of at least 4 members (excludes halogenated alkanes) is 1. The highest BCUT2D eigenvalue weighted by Crippen LogP contribution is 2.36. The molecule has 2 unspecified atom stereocenters. The molecule has 1 aromatic rings. The molecular weight excluding hydrogens is 260 g/mol. The quantitative estimate of drug-likeness (QED) is 0.794. The van der Waals surface area contributed by atoms with Gasteiger partial charge in [0.25, 0.3) is 0 Å². The Morgan fingerprint density at radius 1 is 1.29 bits per heavy atom. The average molecular weight is 290 g/mol. The lowest BCUT2D eigenvalue weighted by atomic mass is 10.1. The van der Waals surface area contributed by atoms with Gasteiger partial charge in [-0.15, -0.1) is 0 Å². The monoisotopic (exact) mass is 290 g/mol. The lowest BCUT2D eigenvalue weighted by molar-refractivity contribution is 0.172. The molecule has 0 aromatic heterocycles. The molecule has 0 bridgehead atoms. The van der Waals surface area contributed by atoms with E-state index in [1.165, 1.54) is 30.5 Å². The van der Waals surface area contributed by atoms with E-state index < -0.39 is 0 Å². The summed E-state index contributed by atoms with van der Waals surface area (Å²) in [5.74, 6) is 0.967. The Kier molecular flexibility index (Phi) is 6.07. The van der Waals surface area contributed by atoms with Crippen LogP contribution in [0.5, 0.6) is 5.75 Å². The number of methoxy groups -OCH3 is 1. The van der Waals surface area contributed by atoms with E-state index in [0.29, 0.717) is 12.1 Å². The summed E-state index contributed by atoms with van der Waals surface area (Å²) in [6.45, 7) is 10.1. The summed E-state index contributed by atoms with van der Waals surface area (Å²) in [5, 5.41) is 3.70. The summed E-state index contributed by atoms with van der Waals surface area (Å²) in [5.41, 5.74) is 2.90. The van der Waals surface area contributed by atoms with Crippen molar-refractivity contribution in [2.45, 2.75) is 52.1 Å². The first kappa shape index (κ1) is 16.3. The minimum absolute atomic E-state index is 0.428. The maximum Gasteiger partial charge on any atom is 0.119 e. The molecule has 2 rings (SSSR count). The van der Waals surface area contributed by atoms with Gasteiger partial charge >= 0.3 is 0 Å². The molecule has 0 amide bonds. The second-order valence-corrected chi connectivity index (χ2v) is 5.85. The Bertz CT molecular complexity index is 447. The van der Waals surface area contributed by atoms with Crippen molar-refractivity contribution >= 4 is 0 Å². The Hall–Kier alpha value is -1.06. The second-order valence-electron chi connectivity index (χ2n) is 5.85. The molecule has 118 valence electrons. The molecule has 0 spiro atoms. The molecule has 2 atom stereocenters. The summed E-state index contributed by atoms with van der Waals surface area (Å²) in [7, 11) is 1.75. The minimum Gasteiger partial charge on any atom is -0.497 e. The van der Waals surface area contributed by atoms with Gasteiger partial charge in [-0.05, 0) is 55.7 Å². The van der Waals surface area contributed by atoms with Crippen LogP contribution in [0.4, 0.5) is 0 Å². The van der Waals surface area contributed by atoms with Crippen LogP contribution < -0.4 is 10.1 Å². The van der Waals surface area contributed by atoms with Crippen LogP contribution in [0.15, 0.2) is 18.2 Å². The van der Waals surface area contributed by atoms with Crippen molar-refractivity contribution in [3.63, 3.8) is 0 Å². The molecule has 0 fully saturated rings. The Morgan fingerprint density at radius 2 is 2.10 bits per heavy atom. The zero-order valence-electron chi connectivity index (χ0n) is 14.0. The van der Waals surface area contributed by atoms with E-state index in [1.807, 2.05) is 0 Å². The maximum absolute atomic E-state index is 5.41. The van der Waals surface area contributed by atoms with Gasteiger partial charge in [0, 0.05) is 12.1 Å².